The van der Waals surface area contributed by atoms with Crippen LogP contribution in [0.3, 0.4) is 0 Å². The Balaban J connectivity index is 1.50. The number of imidazole rings is 1. The fourth-order valence-electron chi connectivity index (χ4n) is 4.43. The minimum atomic E-state index is -0.645. The molecule has 28 heavy (non-hydrogen) atoms. The molecular weight excluding hydrogens is 355 g/mol. The molecule has 4 rings (SSSR count). The summed E-state index contributed by atoms with van der Waals surface area (Å²) in [4.78, 5) is 22.1. The summed E-state index contributed by atoms with van der Waals surface area (Å²) in [6, 6.07) is 6.75. The molecule has 0 bridgehead atoms. The maximum atomic E-state index is 14.4. The Labute approximate surface area is 166 Å². The molecule has 1 aliphatic carbocycles. The van der Waals surface area contributed by atoms with E-state index in [1.807, 2.05) is 23.4 Å². The molecule has 0 spiro atoms. The van der Waals surface area contributed by atoms with Gasteiger partial charge in [-0.3, -0.25) is 4.79 Å². The summed E-state index contributed by atoms with van der Waals surface area (Å²) in [5.74, 6) is 1.14. The summed E-state index contributed by atoms with van der Waals surface area (Å²) in [5, 5.41) is 0. The number of aromatic nitrogens is 2. The molecule has 1 aromatic carbocycles. The molecule has 2 heterocycles. The highest BCUT2D eigenvalue weighted by molar-refractivity contribution is 5.91. The van der Waals surface area contributed by atoms with E-state index in [-0.39, 0.29) is 17.6 Å². The highest BCUT2D eigenvalue weighted by Gasteiger charge is 2.54. The SMILES string of the molecule is CN(C)CCn1ccnc1[C@@H]1CCCN(C(=O)C2(c3ccccc3F)CC2)C1. The molecule has 5 nitrogen and oxygen atoms in total. The minimum absolute atomic E-state index is 0.0914. The smallest absolute Gasteiger partial charge is 0.233 e. The van der Waals surface area contributed by atoms with Crippen molar-refractivity contribution in [1.82, 2.24) is 19.4 Å². The van der Waals surface area contributed by atoms with Crippen LogP contribution in [0.25, 0.3) is 0 Å². The molecule has 6 heteroatoms. The van der Waals surface area contributed by atoms with Crippen LogP contribution in [0.2, 0.25) is 0 Å². The first-order chi connectivity index (χ1) is 13.5. The third-order valence-corrected chi connectivity index (χ3v) is 6.16. The van der Waals surface area contributed by atoms with Crippen molar-refractivity contribution >= 4 is 5.91 Å². The predicted molar refractivity (Wildman–Crippen MR) is 107 cm³/mol. The summed E-state index contributed by atoms with van der Waals surface area (Å²) in [6.07, 6.45) is 7.37. The number of carbonyl (C=O) groups excluding carboxylic acids is 1. The molecule has 150 valence electrons. The van der Waals surface area contributed by atoms with Gasteiger partial charge < -0.3 is 14.4 Å². The zero-order chi connectivity index (χ0) is 19.7. The largest absolute Gasteiger partial charge is 0.341 e. The van der Waals surface area contributed by atoms with E-state index in [2.05, 4.69) is 28.5 Å². The fourth-order valence-corrected chi connectivity index (χ4v) is 4.43. The summed E-state index contributed by atoms with van der Waals surface area (Å²) >= 11 is 0. The van der Waals surface area contributed by atoms with Crippen LogP contribution in [0.1, 0.15) is 43.0 Å². The lowest BCUT2D eigenvalue weighted by Crippen LogP contribution is -2.45. The van der Waals surface area contributed by atoms with Gasteiger partial charge >= 0.3 is 0 Å². The third-order valence-electron chi connectivity index (χ3n) is 6.16. The molecule has 2 fully saturated rings. The molecule has 2 aliphatic rings. The van der Waals surface area contributed by atoms with E-state index in [1.165, 1.54) is 6.07 Å². The van der Waals surface area contributed by atoms with Gasteiger partial charge in [0.15, 0.2) is 0 Å². The number of rotatable bonds is 6. The van der Waals surface area contributed by atoms with Crippen LogP contribution in [-0.4, -0.2) is 59.0 Å². The summed E-state index contributed by atoms with van der Waals surface area (Å²) in [7, 11) is 4.13. The van der Waals surface area contributed by atoms with Gasteiger partial charge in [-0.1, -0.05) is 18.2 Å². The van der Waals surface area contributed by atoms with Gasteiger partial charge in [0.25, 0.3) is 0 Å². The first-order valence-corrected chi connectivity index (χ1v) is 10.2. The second-order valence-electron chi connectivity index (χ2n) is 8.43. The van der Waals surface area contributed by atoms with Crippen molar-refractivity contribution in [2.75, 3.05) is 33.7 Å². The number of benzene rings is 1. The van der Waals surface area contributed by atoms with Crippen LogP contribution in [0.5, 0.6) is 0 Å². The number of nitrogens with zero attached hydrogens (tertiary/aromatic N) is 4. The standard InChI is InChI=1S/C22H29FN4O/c1-25(2)14-15-26-13-11-24-20(26)17-6-5-12-27(16-17)21(28)22(9-10-22)18-7-3-4-8-19(18)23/h3-4,7-8,11,13,17H,5-6,9-10,12,14-16H2,1-2H3/t17-/m1/s1. The Morgan fingerprint density at radius 1 is 1.32 bits per heavy atom. The summed E-state index contributed by atoms with van der Waals surface area (Å²) in [6.45, 7) is 3.28. The molecule has 1 amide bonds. The van der Waals surface area contributed by atoms with Gasteiger partial charge in [-0.15, -0.1) is 0 Å². The number of likely N-dealkylation sites (N-methyl/N-ethyl adjacent to an activating group) is 1. The van der Waals surface area contributed by atoms with E-state index in [9.17, 15) is 9.18 Å². The second-order valence-corrected chi connectivity index (χ2v) is 8.43. The first kappa shape index (κ1) is 19.1. The monoisotopic (exact) mass is 384 g/mol. The number of hydrogen-bond acceptors (Lipinski definition) is 3. The van der Waals surface area contributed by atoms with E-state index in [4.69, 9.17) is 0 Å². The van der Waals surface area contributed by atoms with Gasteiger partial charge in [0.05, 0.1) is 5.41 Å². The summed E-state index contributed by atoms with van der Waals surface area (Å²) in [5.41, 5.74) is -0.0808. The van der Waals surface area contributed by atoms with Crippen molar-refractivity contribution in [2.24, 2.45) is 0 Å². The Morgan fingerprint density at radius 3 is 2.82 bits per heavy atom. The summed E-state index contributed by atoms with van der Waals surface area (Å²) < 4.78 is 16.6. The Kier molecular flexibility index (Phi) is 5.23. The lowest BCUT2D eigenvalue weighted by Gasteiger charge is -2.35. The number of likely N-dealkylation sites (tertiary alicyclic amines) is 1. The van der Waals surface area contributed by atoms with Gasteiger partial charge in [0, 0.05) is 50.1 Å². The van der Waals surface area contributed by atoms with Crippen molar-refractivity contribution in [1.29, 1.82) is 0 Å². The average Bonchev–Trinajstić information content (AvgIpc) is 3.36. The normalized spacial score (nSPS) is 21.1. The first-order valence-electron chi connectivity index (χ1n) is 10.2. The number of halogens is 1. The molecule has 1 saturated heterocycles. The molecule has 1 atom stereocenters. The van der Waals surface area contributed by atoms with E-state index in [1.54, 1.807) is 12.1 Å². The highest BCUT2D eigenvalue weighted by atomic mass is 19.1. The molecule has 2 aromatic rings. The topological polar surface area (TPSA) is 41.4 Å². The number of hydrogen-bond donors (Lipinski definition) is 0. The van der Waals surface area contributed by atoms with Crippen molar-refractivity contribution in [3.8, 4) is 0 Å². The molecule has 0 N–H and O–H groups in total. The van der Waals surface area contributed by atoms with Gasteiger partial charge in [0.1, 0.15) is 11.6 Å². The van der Waals surface area contributed by atoms with E-state index in [0.29, 0.717) is 12.1 Å². The van der Waals surface area contributed by atoms with E-state index < -0.39 is 5.41 Å². The van der Waals surface area contributed by atoms with Crippen LogP contribution < -0.4 is 0 Å². The second kappa shape index (κ2) is 7.66. The molecule has 0 unspecified atom stereocenters. The van der Waals surface area contributed by atoms with Crippen LogP contribution >= 0.6 is 0 Å². The minimum Gasteiger partial charge on any atom is -0.341 e. The Morgan fingerprint density at radius 2 is 2.11 bits per heavy atom. The molecular formula is C22H29FN4O. The maximum Gasteiger partial charge on any atom is 0.233 e. The van der Waals surface area contributed by atoms with Crippen molar-refractivity contribution in [3.05, 3.63) is 53.9 Å². The lowest BCUT2D eigenvalue weighted by atomic mass is 9.90. The van der Waals surface area contributed by atoms with Crippen molar-refractivity contribution in [2.45, 2.75) is 43.6 Å². The quantitative estimate of drug-likeness (QED) is 0.769. The maximum absolute atomic E-state index is 14.4. The van der Waals surface area contributed by atoms with Crippen molar-refractivity contribution in [3.63, 3.8) is 0 Å². The van der Waals surface area contributed by atoms with Crippen LogP contribution in [0.15, 0.2) is 36.7 Å². The third kappa shape index (κ3) is 3.58. The van der Waals surface area contributed by atoms with Crippen molar-refractivity contribution < 1.29 is 9.18 Å². The Bertz CT molecular complexity index is 843. The van der Waals surface area contributed by atoms with Gasteiger partial charge in [-0.2, -0.15) is 0 Å². The Hall–Kier alpha value is -2.21. The molecule has 1 aromatic heterocycles. The lowest BCUT2D eigenvalue weighted by molar-refractivity contribution is -0.135. The van der Waals surface area contributed by atoms with Crippen LogP contribution in [0, 0.1) is 5.82 Å². The average molecular weight is 384 g/mol. The van der Waals surface area contributed by atoms with E-state index in [0.717, 1.165) is 51.1 Å². The number of piperidine rings is 1. The van der Waals surface area contributed by atoms with Gasteiger partial charge in [0.2, 0.25) is 5.91 Å². The molecule has 1 saturated carbocycles. The number of carbonyl (C=O) groups is 1. The number of amides is 1. The van der Waals surface area contributed by atoms with Crippen LogP contribution in [0.4, 0.5) is 4.39 Å². The zero-order valence-electron chi connectivity index (χ0n) is 16.8. The van der Waals surface area contributed by atoms with E-state index >= 15 is 0 Å². The zero-order valence-corrected chi connectivity index (χ0v) is 16.8. The molecule has 1 aliphatic heterocycles. The van der Waals surface area contributed by atoms with Gasteiger partial charge in [-0.05, 0) is 45.8 Å². The predicted octanol–water partition coefficient (Wildman–Crippen LogP) is 3.02. The van der Waals surface area contributed by atoms with Gasteiger partial charge in [-0.25, -0.2) is 9.37 Å². The fraction of sp³-hybridized carbons (Fsp3) is 0.545. The highest BCUT2D eigenvalue weighted by Crippen LogP contribution is 2.51. The van der Waals surface area contributed by atoms with Crippen LogP contribution in [-0.2, 0) is 16.8 Å². The molecule has 0 radical (unpaired) electrons.